The lowest BCUT2D eigenvalue weighted by molar-refractivity contribution is -0.147. The molecule has 0 bridgehead atoms. The number of aliphatic imine (C=N–C) groups is 1. The Hall–Kier alpha value is -4.48. The molecule has 0 rings (SSSR count). The summed E-state index contributed by atoms with van der Waals surface area (Å²) in [4.78, 5) is 85.8. The number of aliphatic carboxylic acids is 3. The van der Waals surface area contributed by atoms with Crippen LogP contribution >= 0.6 is 0 Å². The molecule has 0 aliphatic carbocycles. The van der Waals surface area contributed by atoms with Crippen LogP contribution in [0.25, 0.3) is 0 Å². The summed E-state index contributed by atoms with van der Waals surface area (Å²) < 4.78 is 0. The molecule has 0 aliphatic heterocycles. The van der Waals surface area contributed by atoms with Crippen molar-refractivity contribution < 1.29 is 48.9 Å². The minimum atomic E-state index is -1.82. The number of carbonyl (C=O) groups excluding carboxylic acids is 4. The van der Waals surface area contributed by atoms with Crippen molar-refractivity contribution in [3.05, 3.63) is 0 Å². The first-order valence-electron chi connectivity index (χ1n) is 10.8. The van der Waals surface area contributed by atoms with Crippen LogP contribution in [0.3, 0.4) is 0 Å². The Morgan fingerprint density at radius 1 is 0.703 bits per heavy atom. The molecule has 0 aliphatic rings. The van der Waals surface area contributed by atoms with Crippen LogP contribution in [0, 0.1) is 0 Å². The van der Waals surface area contributed by atoms with Crippen LogP contribution in [-0.4, -0.2) is 93.5 Å². The van der Waals surface area contributed by atoms with E-state index in [9.17, 15) is 38.7 Å². The zero-order chi connectivity index (χ0) is 28.7. The zero-order valence-electron chi connectivity index (χ0n) is 19.7. The van der Waals surface area contributed by atoms with E-state index in [1.807, 2.05) is 5.32 Å². The smallest absolute Gasteiger partial charge is 0.326 e. The van der Waals surface area contributed by atoms with E-state index in [1.165, 1.54) is 0 Å². The molecule has 0 saturated heterocycles. The molecule has 18 nitrogen and oxygen atoms in total. The van der Waals surface area contributed by atoms with E-state index < -0.39 is 78.5 Å². The highest BCUT2D eigenvalue weighted by atomic mass is 16.4. The van der Waals surface area contributed by atoms with E-state index in [2.05, 4.69) is 15.6 Å². The van der Waals surface area contributed by atoms with Gasteiger partial charge in [-0.15, -0.1) is 0 Å². The Bertz CT molecular complexity index is 905. The van der Waals surface area contributed by atoms with E-state index >= 15 is 0 Å². The molecule has 18 heteroatoms. The van der Waals surface area contributed by atoms with Gasteiger partial charge in [-0.3, -0.25) is 33.8 Å². The summed E-state index contributed by atoms with van der Waals surface area (Å²) >= 11 is 0. The lowest BCUT2D eigenvalue weighted by atomic mass is 10.1. The second-order valence-corrected chi connectivity index (χ2v) is 7.78. The second-order valence-electron chi connectivity index (χ2n) is 7.78. The summed E-state index contributed by atoms with van der Waals surface area (Å²) in [5.74, 6) is -8.71. The number of nitrogens with one attached hydrogen (secondary N) is 3. The monoisotopic (exact) mass is 532 g/mol. The first-order chi connectivity index (χ1) is 17.1. The number of rotatable bonds is 18. The lowest BCUT2D eigenvalue weighted by Crippen LogP contribution is -2.57. The minimum absolute atomic E-state index is 0.0192. The zero-order valence-corrected chi connectivity index (χ0v) is 19.7. The highest BCUT2D eigenvalue weighted by Gasteiger charge is 2.31. The maximum Gasteiger partial charge on any atom is 0.326 e. The molecule has 0 radical (unpaired) electrons. The maximum atomic E-state index is 12.9. The summed E-state index contributed by atoms with van der Waals surface area (Å²) in [6.07, 6.45) is -2.47. The Balaban J connectivity index is 5.74. The van der Waals surface area contributed by atoms with Gasteiger partial charge < -0.3 is 54.2 Å². The Labute approximate surface area is 210 Å². The molecule has 4 amide bonds. The highest BCUT2D eigenvalue weighted by molar-refractivity contribution is 5.95. The van der Waals surface area contributed by atoms with Gasteiger partial charge in [0.05, 0.1) is 18.9 Å². The van der Waals surface area contributed by atoms with Gasteiger partial charge in [-0.2, -0.15) is 0 Å². The Kier molecular flexibility index (Phi) is 14.3. The van der Waals surface area contributed by atoms with E-state index in [0.29, 0.717) is 0 Å². The molecule has 4 unspecified atom stereocenters. The van der Waals surface area contributed by atoms with Crippen LogP contribution in [0.1, 0.15) is 38.5 Å². The summed E-state index contributed by atoms with van der Waals surface area (Å²) in [7, 11) is 0. The molecule has 0 aromatic rings. The standard InChI is InChI=1S/C19H32N8O10/c20-8(6-13(29)30)15(33)25-10(3-4-12(21)28)17(35)26-9(2-1-5-24-19(22)23)16(34)27-11(18(36)37)7-14(31)32/h8-11H,1-7,20H2,(H2,21,28)(H,25,33)(H,26,35)(H,27,34)(H,29,30)(H,31,32)(H,36,37)(H4,22,23,24). The fraction of sp³-hybridized carbons (Fsp3) is 0.579. The van der Waals surface area contributed by atoms with Crippen LogP contribution in [0.5, 0.6) is 0 Å². The van der Waals surface area contributed by atoms with Crippen molar-refractivity contribution in [1.82, 2.24) is 16.0 Å². The van der Waals surface area contributed by atoms with Crippen LogP contribution in [0.15, 0.2) is 4.99 Å². The van der Waals surface area contributed by atoms with Gasteiger partial charge in [0.25, 0.3) is 0 Å². The number of nitrogens with zero attached hydrogens (tertiary/aromatic N) is 1. The Morgan fingerprint density at radius 3 is 1.65 bits per heavy atom. The number of guanidine groups is 1. The molecule has 4 atom stereocenters. The van der Waals surface area contributed by atoms with Gasteiger partial charge >= 0.3 is 17.9 Å². The number of carboxylic acids is 3. The van der Waals surface area contributed by atoms with Crippen molar-refractivity contribution in [1.29, 1.82) is 0 Å². The SMILES string of the molecule is NC(=O)CCC(NC(=O)C(N)CC(=O)O)C(=O)NC(CCCN=C(N)N)C(=O)NC(CC(=O)O)C(=O)O. The van der Waals surface area contributed by atoms with E-state index in [4.69, 9.17) is 33.1 Å². The van der Waals surface area contributed by atoms with Gasteiger partial charge in [0.2, 0.25) is 23.6 Å². The predicted molar refractivity (Wildman–Crippen MR) is 124 cm³/mol. The number of carboxylic acid groups (broad SMARTS) is 3. The van der Waals surface area contributed by atoms with Gasteiger partial charge in [0, 0.05) is 13.0 Å². The average Bonchev–Trinajstić information content (AvgIpc) is 2.76. The van der Waals surface area contributed by atoms with Crippen molar-refractivity contribution in [3.8, 4) is 0 Å². The summed E-state index contributed by atoms with van der Waals surface area (Å²) in [5, 5.41) is 33.3. The molecular weight excluding hydrogens is 500 g/mol. The third kappa shape index (κ3) is 14.5. The minimum Gasteiger partial charge on any atom is -0.481 e. The van der Waals surface area contributed by atoms with Gasteiger partial charge in [-0.1, -0.05) is 0 Å². The molecule has 208 valence electrons. The van der Waals surface area contributed by atoms with Gasteiger partial charge in [0.1, 0.15) is 18.1 Å². The largest absolute Gasteiger partial charge is 0.481 e. The number of primary amides is 1. The fourth-order valence-electron chi connectivity index (χ4n) is 2.81. The van der Waals surface area contributed by atoms with E-state index in [1.54, 1.807) is 0 Å². The van der Waals surface area contributed by atoms with Crippen molar-refractivity contribution in [2.24, 2.45) is 27.9 Å². The van der Waals surface area contributed by atoms with Crippen LogP contribution in [0.2, 0.25) is 0 Å². The van der Waals surface area contributed by atoms with Gasteiger partial charge in [-0.25, -0.2) is 4.79 Å². The van der Waals surface area contributed by atoms with Gasteiger partial charge in [-0.05, 0) is 19.3 Å². The molecular formula is C19H32N8O10. The summed E-state index contributed by atoms with van der Waals surface area (Å²) in [5.41, 5.74) is 21.0. The van der Waals surface area contributed by atoms with Crippen molar-refractivity contribution in [2.45, 2.75) is 62.7 Å². The lowest BCUT2D eigenvalue weighted by Gasteiger charge is -2.24. The average molecular weight is 533 g/mol. The third-order valence-electron chi connectivity index (χ3n) is 4.62. The fourth-order valence-corrected chi connectivity index (χ4v) is 2.81. The molecule has 0 spiro atoms. The quantitative estimate of drug-likeness (QED) is 0.0450. The molecule has 37 heavy (non-hydrogen) atoms. The van der Waals surface area contributed by atoms with Crippen molar-refractivity contribution in [2.75, 3.05) is 6.54 Å². The number of hydrogen-bond donors (Lipinski definition) is 10. The number of carbonyl (C=O) groups is 7. The summed E-state index contributed by atoms with van der Waals surface area (Å²) in [6.45, 7) is 0.0192. The molecule has 0 aromatic heterocycles. The number of nitrogens with two attached hydrogens (primary N) is 4. The molecule has 14 N–H and O–H groups in total. The molecule has 0 aromatic carbocycles. The van der Waals surface area contributed by atoms with Crippen LogP contribution in [-0.2, 0) is 33.6 Å². The Morgan fingerprint density at radius 2 is 1.19 bits per heavy atom. The van der Waals surface area contributed by atoms with Crippen LogP contribution in [0.4, 0.5) is 0 Å². The molecule has 0 saturated carbocycles. The maximum absolute atomic E-state index is 12.9. The summed E-state index contributed by atoms with van der Waals surface area (Å²) in [6, 6.07) is -6.28. The van der Waals surface area contributed by atoms with Gasteiger partial charge in [0.15, 0.2) is 5.96 Å². The van der Waals surface area contributed by atoms with E-state index in [0.717, 1.165) is 0 Å². The first kappa shape index (κ1) is 32.5. The molecule has 0 heterocycles. The predicted octanol–water partition coefficient (Wildman–Crippen LogP) is -4.88. The topological polar surface area (TPSA) is 333 Å². The van der Waals surface area contributed by atoms with Crippen molar-refractivity contribution in [3.63, 3.8) is 0 Å². The first-order valence-corrected chi connectivity index (χ1v) is 10.8. The van der Waals surface area contributed by atoms with Crippen molar-refractivity contribution >= 4 is 47.5 Å². The van der Waals surface area contributed by atoms with E-state index in [-0.39, 0.29) is 38.2 Å². The highest BCUT2D eigenvalue weighted by Crippen LogP contribution is 2.05. The normalized spacial score (nSPS) is 13.6. The number of hydrogen-bond acceptors (Lipinski definition) is 9. The molecule has 0 fully saturated rings. The number of amides is 4. The third-order valence-corrected chi connectivity index (χ3v) is 4.62. The second kappa shape index (κ2) is 16.2. The van der Waals surface area contributed by atoms with Crippen LogP contribution < -0.4 is 38.9 Å².